The van der Waals surface area contributed by atoms with E-state index in [4.69, 9.17) is 0 Å². The van der Waals surface area contributed by atoms with E-state index < -0.39 is 29.5 Å². The van der Waals surface area contributed by atoms with Gasteiger partial charge in [-0.15, -0.1) is 0 Å². The number of hydrogen-bond acceptors (Lipinski definition) is 4. The zero-order valence-electron chi connectivity index (χ0n) is 16.0. The zero-order chi connectivity index (χ0) is 18.9. The molecule has 144 valence electrons. The Balaban J connectivity index is 1.74. The van der Waals surface area contributed by atoms with Crippen LogP contribution in [0.5, 0.6) is 0 Å². The molecule has 26 heavy (non-hydrogen) atoms. The number of fused-ring (bicyclic) bond motifs is 5. The fourth-order valence-corrected chi connectivity index (χ4v) is 7.37. The lowest BCUT2D eigenvalue weighted by atomic mass is 9.45. The first-order chi connectivity index (χ1) is 12.2. The highest BCUT2D eigenvalue weighted by Gasteiger charge is 2.68. The van der Waals surface area contributed by atoms with Crippen LogP contribution in [0, 0.1) is 28.6 Å². The lowest BCUT2D eigenvalue weighted by Crippen LogP contribution is -2.61. The quantitative estimate of drug-likeness (QED) is 0.708. The van der Waals surface area contributed by atoms with Crippen molar-refractivity contribution in [2.75, 3.05) is 6.61 Å². The standard InChI is InChI=1S/C22H32O4/c1-13-6-8-20(2)14(10-13)4-5-15-16-7-9-22(26,18(25)12-23)21(16,3)11-17(24)19(15)20/h10,15-17,19,23-24,26H,1,4-9,11-12H2,2-3H3/t15-,16-,17-,19+,20-,21-,22-/m0/s1. The topological polar surface area (TPSA) is 77.8 Å². The van der Waals surface area contributed by atoms with Crippen LogP contribution in [0.3, 0.4) is 0 Å². The molecule has 0 aromatic carbocycles. The van der Waals surface area contributed by atoms with Gasteiger partial charge in [-0.25, -0.2) is 0 Å². The second kappa shape index (κ2) is 5.76. The summed E-state index contributed by atoms with van der Waals surface area (Å²) in [5.41, 5.74) is 0.457. The zero-order valence-corrected chi connectivity index (χ0v) is 16.0. The van der Waals surface area contributed by atoms with Gasteiger partial charge in [-0.3, -0.25) is 4.79 Å². The Morgan fingerprint density at radius 2 is 2.00 bits per heavy atom. The number of ketones is 1. The van der Waals surface area contributed by atoms with Crippen molar-refractivity contribution < 1.29 is 20.1 Å². The number of carbonyl (C=O) groups is 1. The largest absolute Gasteiger partial charge is 0.393 e. The minimum atomic E-state index is -1.50. The van der Waals surface area contributed by atoms with Gasteiger partial charge in [-0.1, -0.05) is 37.6 Å². The third-order valence-electron chi connectivity index (χ3n) is 8.77. The van der Waals surface area contributed by atoms with Crippen molar-refractivity contribution in [1.82, 2.24) is 0 Å². The van der Waals surface area contributed by atoms with Gasteiger partial charge >= 0.3 is 0 Å². The van der Waals surface area contributed by atoms with Crippen molar-refractivity contribution in [3.8, 4) is 0 Å². The molecular formula is C22H32O4. The maximum atomic E-state index is 12.4. The van der Waals surface area contributed by atoms with E-state index in [1.807, 2.05) is 6.92 Å². The number of hydrogen-bond donors (Lipinski definition) is 3. The molecule has 0 spiro atoms. The van der Waals surface area contributed by atoms with Crippen LogP contribution in [0.2, 0.25) is 0 Å². The summed E-state index contributed by atoms with van der Waals surface area (Å²) in [6.07, 6.45) is 7.38. The molecule has 0 bridgehead atoms. The molecule has 7 atom stereocenters. The molecule has 0 saturated heterocycles. The maximum Gasteiger partial charge on any atom is 0.190 e. The fourth-order valence-electron chi connectivity index (χ4n) is 7.37. The minimum absolute atomic E-state index is 0.00739. The maximum absolute atomic E-state index is 12.4. The molecule has 3 fully saturated rings. The second-order valence-electron chi connectivity index (χ2n) is 9.75. The highest BCUT2D eigenvalue weighted by molar-refractivity contribution is 5.89. The molecule has 0 aromatic rings. The van der Waals surface area contributed by atoms with Gasteiger partial charge in [0.15, 0.2) is 5.78 Å². The van der Waals surface area contributed by atoms with Crippen LogP contribution in [0.1, 0.15) is 58.8 Å². The SMILES string of the molecule is C=C1C=C2CC[C@@H]3[C@H]([C@@H](O)C[C@@]4(C)[C@H]3CC[C@]4(O)C(=O)CO)[C@@]2(C)CC1. The monoisotopic (exact) mass is 360 g/mol. The van der Waals surface area contributed by atoms with E-state index in [9.17, 15) is 20.1 Å². The van der Waals surface area contributed by atoms with E-state index in [1.54, 1.807) is 0 Å². The van der Waals surface area contributed by atoms with Gasteiger partial charge in [-0.05, 0) is 68.1 Å². The molecule has 4 rings (SSSR count). The van der Waals surface area contributed by atoms with Crippen molar-refractivity contribution in [3.05, 3.63) is 23.8 Å². The van der Waals surface area contributed by atoms with Gasteiger partial charge in [0, 0.05) is 5.41 Å². The highest BCUT2D eigenvalue weighted by atomic mass is 16.3. The molecule has 0 aliphatic heterocycles. The average molecular weight is 360 g/mol. The van der Waals surface area contributed by atoms with E-state index in [-0.39, 0.29) is 17.3 Å². The van der Waals surface area contributed by atoms with Gasteiger partial charge in [0.05, 0.1) is 6.10 Å². The van der Waals surface area contributed by atoms with E-state index in [1.165, 1.54) is 11.1 Å². The van der Waals surface area contributed by atoms with E-state index in [2.05, 4.69) is 19.6 Å². The molecule has 0 unspecified atom stereocenters. The lowest BCUT2D eigenvalue weighted by molar-refractivity contribution is -0.181. The van der Waals surface area contributed by atoms with Crippen molar-refractivity contribution in [2.24, 2.45) is 28.6 Å². The molecule has 4 heteroatoms. The molecule has 0 heterocycles. The molecule has 0 amide bonds. The van der Waals surface area contributed by atoms with E-state index >= 15 is 0 Å². The van der Waals surface area contributed by atoms with Crippen LogP contribution in [0.4, 0.5) is 0 Å². The number of carbonyl (C=O) groups excluding carboxylic acids is 1. The van der Waals surface area contributed by atoms with Gasteiger partial charge in [0.25, 0.3) is 0 Å². The van der Waals surface area contributed by atoms with Crippen LogP contribution in [-0.2, 0) is 4.79 Å². The summed E-state index contributed by atoms with van der Waals surface area (Å²) in [6, 6.07) is 0. The predicted octanol–water partition coefficient (Wildman–Crippen LogP) is 2.77. The molecule has 4 aliphatic rings. The Kier molecular flexibility index (Phi) is 4.08. The van der Waals surface area contributed by atoms with Crippen LogP contribution in [0.25, 0.3) is 0 Å². The summed E-state index contributed by atoms with van der Waals surface area (Å²) in [5, 5.41) is 31.8. The summed E-state index contributed by atoms with van der Waals surface area (Å²) in [5.74, 6) is 0.239. The lowest BCUT2D eigenvalue weighted by Gasteiger charge is -2.60. The molecule has 0 aromatic heterocycles. The van der Waals surface area contributed by atoms with Crippen LogP contribution in [0.15, 0.2) is 23.8 Å². The van der Waals surface area contributed by atoms with Crippen molar-refractivity contribution >= 4 is 5.78 Å². The first kappa shape index (κ1) is 18.4. The first-order valence-electron chi connectivity index (χ1n) is 10.1. The van der Waals surface area contributed by atoms with Crippen LogP contribution >= 0.6 is 0 Å². The van der Waals surface area contributed by atoms with E-state index in [0.29, 0.717) is 18.8 Å². The van der Waals surface area contributed by atoms with Gasteiger partial charge in [0.1, 0.15) is 12.2 Å². The van der Waals surface area contributed by atoms with Gasteiger partial charge < -0.3 is 15.3 Å². The Morgan fingerprint density at radius 1 is 1.27 bits per heavy atom. The van der Waals surface area contributed by atoms with Gasteiger partial charge in [0.2, 0.25) is 0 Å². The minimum Gasteiger partial charge on any atom is -0.393 e. The molecule has 4 nitrogen and oxygen atoms in total. The molecule has 3 saturated carbocycles. The Hall–Kier alpha value is -0.970. The van der Waals surface area contributed by atoms with Crippen molar-refractivity contribution in [3.63, 3.8) is 0 Å². The Bertz CT molecular complexity index is 682. The highest BCUT2D eigenvalue weighted by Crippen LogP contribution is 2.67. The molecule has 4 aliphatic carbocycles. The number of rotatable bonds is 2. The molecular weight excluding hydrogens is 328 g/mol. The summed E-state index contributed by atoms with van der Waals surface area (Å²) in [7, 11) is 0. The Labute approximate surface area is 156 Å². The van der Waals surface area contributed by atoms with Crippen LogP contribution in [-0.4, -0.2) is 39.4 Å². The third-order valence-corrected chi connectivity index (χ3v) is 8.77. The van der Waals surface area contributed by atoms with E-state index in [0.717, 1.165) is 32.1 Å². The normalized spacial score (nSPS) is 50.5. The number of aliphatic hydroxyl groups excluding tert-OH is 2. The predicted molar refractivity (Wildman–Crippen MR) is 99.3 cm³/mol. The van der Waals surface area contributed by atoms with Crippen molar-refractivity contribution in [1.29, 1.82) is 0 Å². The van der Waals surface area contributed by atoms with Gasteiger partial charge in [-0.2, -0.15) is 0 Å². The number of Topliss-reactive ketones (excluding diaryl/α,β-unsaturated/α-hetero) is 1. The number of allylic oxidation sites excluding steroid dienone is 3. The van der Waals surface area contributed by atoms with Crippen molar-refractivity contribution in [2.45, 2.75) is 70.5 Å². The molecule has 3 N–H and O–H groups in total. The first-order valence-corrected chi connectivity index (χ1v) is 10.1. The smallest absolute Gasteiger partial charge is 0.190 e. The number of aliphatic hydroxyl groups is 3. The van der Waals surface area contributed by atoms with Crippen LogP contribution < -0.4 is 0 Å². The Morgan fingerprint density at radius 3 is 2.69 bits per heavy atom. The summed E-state index contributed by atoms with van der Waals surface area (Å²) >= 11 is 0. The summed E-state index contributed by atoms with van der Waals surface area (Å²) in [4.78, 5) is 12.4. The fraction of sp³-hybridized carbons (Fsp3) is 0.773. The molecule has 0 radical (unpaired) electrons. The third kappa shape index (κ3) is 2.15. The summed E-state index contributed by atoms with van der Waals surface area (Å²) < 4.78 is 0. The second-order valence-corrected chi connectivity index (χ2v) is 9.75. The average Bonchev–Trinajstić information content (AvgIpc) is 2.86. The summed E-state index contributed by atoms with van der Waals surface area (Å²) in [6.45, 7) is 7.77.